The number of hydrogen-bond donors (Lipinski definition) is 1. The summed E-state index contributed by atoms with van der Waals surface area (Å²) in [6.07, 6.45) is 0. The third kappa shape index (κ3) is 4.91. The van der Waals surface area contributed by atoms with E-state index in [2.05, 4.69) is 19.2 Å². The van der Waals surface area contributed by atoms with E-state index in [0.717, 1.165) is 11.3 Å². The van der Waals surface area contributed by atoms with E-state index < -0.39 is 0 Å². The second-order valence-corrected chi connectivity index (χ2v) is 8.25. The maximum Gasteiger partial charge on any atom is 0.253 e. The van der Waals surface area contributed by atoms with E-state index in [9.17, 15) is 9.59 Å². The van der Waals surface area contributed by atoms with Gasteiger partial charge in [-0.3, -0.25) is 9.59 Å². The maximum absolute atomic E-state index is 13.0. The molecule has 1 heterocycles. The summed E-state index contributed by atoms with van der Waals surface area (Å²) >= 11 is 5.95. The lowest BCUT2D eigenvalue weighted by atomic mass is 9.87. The number of rotatable bonds is 6. The number of carbonyl (C=O) groups excluding carboxylic acids is 2. The van der Waals surface area contributed by atoms with Gasteiger partial charge in [-0.2, -0.15) is 0 Å². The molecule has 2 unspecified atom stereocenters. The molecule has 1 fully saturated rings. The Morgan fingerprint density at radius 1 is 1.14 bits per heavy atom. The van der Waals surface area contributed by atoms with Crippen LogP contribution in [0.25, 0.3) is 0 Å². The van der Waals surface area contributed by atoms with Crippen LogP contribution in [0.1, 0.15) is 35.7 Å². The molecule has 0 bridgehead atoms. The van der Waals surface area contributed by atoms with Crippen molar-refractivity contribution in [1.82, 2.24) is 10.2 Å². The molecule has 6 heteroatoms. The minimum atomic E-state index is -0.332. The van der Waals surface area contributed by atoms with E-state index in [4.69, 9.17) is 16.3 Å². The van der Waals surface area contributed by atoms with Crippen LogP contribution in [0.15, 0.2) is 48.5 Å². The van der Waals surface area contributed by atoms with E-state index in [-0.39, 0.29) is 23.7 Å². The maximum atomic E-state index is 13.0. The average Bonchev–Trinajstić information content (AvgIpc) is 3.17. The lowest BCUT2D eigenvalue weighted by Crippen LogP contribution is -2.37. The SMILES string of the molecule is COc1ccccc1C1CN(C(=O)c2ccc(Cl)cc2)CC1C(=O)NCC(C)C. The lowest BCUT2D eigenvalue weighted by molar-refractivity contribution is -0.125. The van der Waals surface area contributed by atoms with Crippen molar-refractivity contribution in [2.45, 2.75) is 19.8 Å². The molecule has 29 heavy (non-hydrogen) atoms. The van der Waals surface area contributed by atoms with Crippen LogP contribution in [0.4, 0.5) is 0 Å². The molecule has 3 rings (SSSR count). The summed E-state index contributed by atoms with van der Waals surface area (Å²) in [5.74, 6) is 0.509. The van der Waals surface area contributed by atoms with Gasteiger partial charge in [0.25, 0.3) is 5.91 Å². The number of benzene rings is 2. The standard InChI is InChI=1S/C23H27ClN2O3/c1-15(2)12-25-22(27)20-14-26(23(28)16-8-10-17(24)11-9-16)13-19(20)18-6-4-5-7-21(18)29-3/h4-11,15,19-20H,12-14H2,1-3H3,(H,25,27). The van der Waals surface area contributed by atoms with Gasteiger partial charge in [-0.05, 0) is 41.8 Å². The van der Waals surface area contributed by atoms with E-state index in [1.807, 2.05) is 24.3 Å². The zero-order chi connectivity index (χ0) is 21.0. The van der Waals surface area contributed by atoms with Crippen molar-refractivity contribution < 1.29 is 14.3 Å². The first-order valence-electron chi connectivity index (χ1n) is 9.86. The lowest BCUT2D eigenvalue weighted by Gasteiger charge is -2.20. The zero-order valence-corrected chi connectivity index (χ0v) is 17.8. The van der Waals surface area contributed by atoms with Crippen molar-refractivity contribution in [2.75, 3.05) is 26.7 Å². The second-order valence-electron chi connectivity index (χ2n) is 7.81. The van der Waals surface area contributed by atoms with Gasteiger partial charge in [0.15, 0.2) is 0 Å². The Kier molecular flexibility index (Phi) is 6.80. The van der Waals surface area contributed by atoms with Gasteiger partial charge < -0.3 is 15.0 Å². The Labute approximate surface area is 177 Å². The molecule has 0 radical (unpaired) electrons. The summed E-state index contributed by atoms with van der Waals surface area (Å²) in [6, 6.07) is 14.5. The summed E-state index contributed by atoms with van der Waals surface area (Å²) in [6.45, 7) is 5.56. The summed E-state index contributed by atoms with van der Waals surface area (Å²) in [7, 11) is 1.62. The van der Waals surface area contributed by atoms with E-state index in [1.165, 1.54) is 0 Å². The number of likely N-dealkylation sites (tertiary alicyclic amines) is 1. The number of hydrogen-bond acceptors (Lipinski definition) is 3. The molecular formula is C23H27ClN2O3. The molecule has 1 N–H and O–H groups in total. The topological polar surface area (TPSA) is 58.6 Å². The van der Waals surface area contributed by atoms with Gasteiger partial charge in [-0.15, -0.1) is 0 Å². The molecule has 0 aliphatic carbocycles. The van der Waals surface area contributed by atoms with Crippen LogP contribution in [0.3, 0.4) is 0 Å². The molecule has 1 saturated heterocycles. The number of amides is 2. The summed E-state index contributed by atoms with van der Waals surface area (Å²) < 4.78 is 5.53. The van der Waals surface area contributed by atoms with E-state index >= 15 is 0 Å². The van der Waals surface area contributed by atoms with Gasteiger partial charge in [0.1, 0.15) is 5.75 Å². The van der Waals surface area contributed by atoms with Crippen molar-refractivity contribution in [3.8, 4) is 5.75 Å². The second kappa shape index (κ2) is 9.31. The number of methoxy groups -OCH3 is 1. The van der Waals surface area contributed by atoms with Gasteiger partial charge in [0, 0.05) is 36.1 Å². The minimum Gasteiger partial charge on any atom is -0.496 e. The molecule has 0 saturated carbocycles. The molecule has 2 aromatic rings. The third-order valence-corrected chi connectivity index (χ3v) is 5.51. The molecule has 2 amide bonds. The van der Waals surface area contributed by atoms with Gasteiger partial charge >= 0.3 is 0 Å². The normalized spacial score (nSPS) is 18.7. The molecule has 0 aromatic heterocycles. The monoisotopic (exact) mass is 414 g/mol. The highest BCUT2D eigenvalue weighted by Gasteiger charge is 2.41. The Balaban J connectivity index is 1.88. The first-order valence-corrected chi connectivity index (χ1v) is 10.2. The molecule has 0 spiro atoms. The van der Waals surface area contributed by atoms with E-state index in [1.54, 1.807) is 36.3 Å². The molecule has 1 aliphatic rings. The highest BCUT2D eigenvalue weighted by molar-refractivity contribution is 6.30. The predicted octanol–water partition coefficient (Wildman–Crippen LogP) is 3.98. The van der Waals surface area contributed by atoms with Crippen molar-refractivity contribution in [1.29, 1.82) is 0 Å². The third-order valence-electron chi connectivity index (χ3n) is 5.26. The number of nitrogens with one attached hydrogen (secondary N) is 1. The predicted molar refractivity (Wildman–Crippen MR) is 114 cm³/mol. The van der Waals surface area contributed by atoms with Crippen molar-refractivity contribution >= 4 is 23.4 Å². The fraction of sp³-hybridized carbons (Fsp3) is 0.391. The first kappa shape index (κ1) is 21.2. The Morgan fingerprint density at radius 3 is 2.48 bits per heavy atom. The fourth-order valence-electron chi connectivity index (χ4n) is 3.73. The number of para-hydroxylation sites is 1. The van der Waals surface area contributed by atoms with Crippen LogP contribution in [0, 0.1) is 11.8 Å². The Hall–Kier alpha value is -2.53. The number of ether oxygens (including phenoxy) is 1. The molecular weight excluding hydrogens is 388 g/mol. The molecule has 2 aromatic carbocycles. The quantitative estimate of drug-likeness (QED) is 0.777. The van der Waals surface area contributed by atoms with E-state index in [0.29, 0.717) is 36.1 Å². The van der Waals surface area contributed by atoms with Crippen molar-refractivity contribution in [2.24, 2.45) is 11.8 Å². The van der Waals surface area contributed by atoms with Gasteiger partial charge in [0.05, 0.1) is 13.0 Å². The van der Waals surface area contributed by atoms with Crippen LogP contribution in [-0.4, -0.2) is 43.5 Å². The van der Waals surface area contributed by atoms with Crippen LogP contribution in [0.5, 0.6) is 5.75 Å². The number of carbonyl (C=O) groups is 2. The summed E-state index contributed by atoms with van der Waals surface area (Å²) in [5, 5.41) is 3.62. The van der Waals surface area contributed by atoms with Gasteiger partial charge in [-0.1, -0.05) is 43.6 Å². The van der Waals surface area contributed by atoms with Gasteiger partial charge in [0.2, 0.25) is 5.91 Å². The fourth-order valence-corrected chi connectivity index (χ4v) is 3.86. The average molecular weight is 415 g/mol. The van der Waals surface area contributed by atoms with Crippen molar-refractivity contribution in [3.05, 3.63) is 64.7 Å². The first-order chi connectivity index (χ1) is 13.9. The van der Waals surface area contributed by atoms with Crippen LogP contribution in [0.2, 0.25) is 5.02 Å². The van der Waals surface area contributed by atoms with Gasteiger partial charge in [-0.25, -0.2) is 0 Å². The molecule has 2 atom stereocenters. The van der Waals surface area contributed by atoms with Crippen LogP contribution < -0.4 is 10.1 Å². The summed E-state index contributed by atoms with van der Waals surface area (Å²) in [5.41, 5.74) is 1.52. The Bertz CT molecular complexity index is 867. The van der Waals surface area contributed by atoms with Crippen molar-refractivity contribution in [3.63, 3.8) is 0 Å². The highest BCUT2D eigenvalue weighted by atomic mass is 35.5. The van der Waals surface area contributed by atoms with Crippen LogP contribution in [-0.2, 0) is 4.79 Å². The molecule has 154 valence electrons. The highest BCUT2D eigenvalue weighted by Crippen LogP contribution is 2.38. The minimum absolute atomic E-state index is 0.0268. The zero-order valence-electron chi connectivity index (χ0n) is 17.0. The number of nitrogens with zero attached hydrogens (tertiary/aromatic N) is 1. The summed E-state index contributed by atoms with van der Waals surface area (Å²) in [4.78, 5) is 27.8. The number of halogens is 1. The Morgan fingerprint density at radius 2 is 1.83 bits per heavy atom. The molecule has 1 aliphatic heterocycles. The van der Waals surface area contributed by atoms with Crippen LogP contribution >= 0.6 is 11.6 Å². The smallest absolute Gasteiger partial charge is 0.253 e. The largest absolute Gasteiger partial charge is 0.496 e. The molecule has 5 nitrogen and oxygen atoms in total.